The number of nitrogens with one attached hydrogen (secondary N) is 1. The highest BCUT2D eigenvalue weighted by molar-refractivity contribution is 9.10. The van der Waals surface area contributed by atoms with Crippen molar-refractivity contribution in [1.29, 1.82) is 0 Å². The van der Waals surface area contributed by atoms with Gasteiger partial charge in [0.1, 0.15) is 12.4 Å². The van der Waals surface area contributed by atoms with Crippen molar-refractivity contribution < 1.29 is 4.74 Å². The molecule has 1 aromatic rings. The number of ether oxygens (including phenoxy) is 1. The van der Waals surface area contributed by atoms with E-state index in [2.05, 4.69) is 34.2 Å². The second-order valence-electron chi connectivity index (χ2n) is 5.11. The first kappa shape index (κ1) is 13.9. The molecule has 0 atom stereocenters. The summed E-state index contributed by atoms with van der Waals surface area (Å²) < 4.78 is 6.88. The lowest BCUT2D eigenvalue weighted by Gasteiger charge is -2.12. The van der Waals surface area contributed by atoms with Crippen LogP contribution in [0.2, 0.25) is 0 Å². The number of benzene rings is 1. The van der Waals surface area contributed by atoms with Gasteiger partial charge in [0.25, 0.3) is 0 Å². The molecule has 100 valence electrons. The van der Waals surface area contributed by atoms with Crippen molar-refractivity contribution in [2.45, 2.75) is 32.6 Å². The van der Waals surface area contributed by atoms with Crippen LogP contribution in [0.1, 0.15) is 31.2 Å². The summed E-state index contributed by atoms with van der Waals surface area (Å²) >= 11 is 3.46. The quantitative estimate of drug-likeness (QED) is 0.804. The molecular formula is C15H22BrNO. The van der Waals surface area contributed by atoms with Crippen LogP contribution in [0.5, 0.6) is 5.75 Å². The molecule has 0 aromatic heterocycles. The lowest BCUT2D eigenvalue weighted by Crippen LogP contribution is -2.26. The van der Waals surface area contributed by atoms with E-state index in [1.165, 1.54) is 31.2 Å². The van der Waals surface area contributed by atoms with Crippen LogP contribution in [0.15, 0.2) is 22.7 Å². The molecule has 0 amide bonds. The van der Waals surface area contributed by atoms with Crippen LogP contribution >= 0.6 is 15.9 Å². The van der Waals surface area contributed by atoms with E-state index in [0.29, 0.717) is 0 Å². The van der Waals surface area contributed by atoms with Gasteiger partial charge in [0.2, 0.25) is 0 Å². The maximum absolute atomic E-state index is 5.77. The molecule has 18 heavy (non-hydrogen) atoms. The molecule has 1 aliphatic rings. The van der Waals surface area contributed by atoms with Gasteiger partial charge in [0.15, 0.2) is 0 Å². The first-order chi connectivity index (χ1) is 8.75. The van der Waals surface area contributed by atoms with E-state index < -0.39 is 0 Å². The SMILES string of the molecule is Cc1cc(Br)ccc1OCCNCC1CCCC1. The monoisotopic (exact) mass is 311 g/mol. The van der Waals surface area contributed by atoms with E-state index in [1.54, 1.807) is 0 Å². The highest BCUT2D eigenvalue weighted by Gasteiger charge is 2.13. The Bertz CT molecular complexity index is 375. The summed E-state index contributed by atoms with van der Waals surface area (Å²) in [7, 11) is 0. The summed E-state index contributed by atoms with van der Waals surface area (Å²) in [6, 6.07) is 6.13. The number of hydrogen-bond acceptors (Lipinski definition) is 2. The Labute approximate surface area is 118 Å². The molecule has 0 spiro atoms. The predicted octanol–water partition coefficient (Wildman–Crippen LogP) is 3.92. The molecule has 1 saturated carbocycles. The Kier molecular flexibility index (Phi) is 5.51. The molecule has 3 heteroatoms. The minimum Gasteiger partial charge on any atom is -0.492 e. The van der Waals surface area contributed by atoms with Crippen LogP contribution in [-0.2, 0) is 0 Å². The van der Waals surface area contributed by atoms with Crippen molar-refractivity contribution in [3.63, 3.8) is 0 Å². The maximum Gasteiger partial charge on any atom is 0.122 e. The molecule has 0 radical (unpaired) electrons. The molecule has 0 saturated heterocycles. The number of hydrogen-bond donors (Lipinski definition) is 1. The average molecular weight is 312 g/mol. The molecule has 0 heterocycles. The zero-order valence-corrected chi connectivity index (χ0v) is 12.6. The van der Waals surface area contributed by atoms with Crippen molar-refractivity contribution in [3.05, 3.63) is 28.2 Å². The smallest absolute Gasteiger partial charge is 0.122 e. The zero-order valence-electron chi connectivity index (χ0n) is 11.0. The molecule has 2 nitrogen and oxygen atoms in total. The standard InChI is InChI=1S/C15H22BrNO/c1-12-10-14(16)6-7-15(12)18-9-8-17-11-13-4-2-3-5-13/h6-7,10,13,17H,2-5,8-9,11H2,1H3. The molecule has 2 rings (SSSR count). The number of aryl methyl sites for hydroxylation is 1. The summed E-state index contributed by atoms with van der Waals surface area (Å²) in [6.45, 7) is 4.91. The van der Waals surface area contributed by atoms with Crippen LogP contribution < -0.4 is 10.1 Å². The van der Waals surface area contributed by atoms with Crippen molar-refractivity contribution in [2.75, 3.05) is 19.7 Å². The summed E-state index contributed by atoms with van der Waals surface area (Å²) in [5.74, 6) is 1.89. The Hall–Kier alpha value is -0.540. The van der Waals surface area contributed by atoms with Crippen molar-refractivity contribution in [3.8, 4) is 5.75 Å². The third-order valence-electron chi connectivity index (χ3n) is 3.58. The summed E-state index contributed by atoms with van der Waals surface area (Å²) in [6.07, 6.45) is 5.64. The largest absolute Gasteiger partial charge is 0.492 e. The molecule has 1 aromatic carbocycles. The van der Waals surface area contributed by atoms with Crippen molar-refractivity contribution >= 4 is 15.9 Å². The fraction of sp³-hybridized carbons (Fsp3) is 0.600. The van der Waals surface area contributed by atoms with Crippen LogP contribution in [-0.4, -0.2) is 19.7 Å². The van der Waals surface area contributed by atoms with Crippen LogP contribution in [0, 0.1) is 12.8 Å². The van der Waals surface area contributed by atoms with Gasteiger partial charge < -0.3 is 10.1 Å². The van der Waals surface area contributed by atoms with Gasteiger partial charge in [-0.3, -0.25) is 0 Å². The Balaban J connectivity index is 1.62. The maximum atomic E-state index is 5.77. The normalized spacial score (nSPS) is 16.1. The van der Waals surface area contributed by atoms with Gasteiger partial charge in [0.05, 0.1) is 0 Å². The van der Waals surface area contributed by atoms with Crippen molar-refractivity contribution in [1.82, 2.24) is 5.32 Å². The lowest BCUT2D eigenvalue weighted by molar-refractivity contribution is 0.307. The van der Waals surface area contributed by atoms with Crippen LogP contribution in [0.4, 0.5) is 0 Å². The zero-order chi connectivity index (χ0) is 12.8. The third kappa shape index (κ3) is 4.29. The van der Waals surface area contributed by atoms with Gasteiger partial charge >= 0.3 is 0 Å². The topological polar surface area (TPSA) is 21.3 Å². The summed E-state index contributed by atoms with van der Waals surface area (Å²) in [5.41, 5.74) is 1.18. The molecule has 0 bridgehead atoms. The van der Waals surface area contributed by atoms with Gasteiger partial charge in [-0.15, -0.1) is 0 Å². The van der Waals surface area contributed by atoms with Crippen molar-refractivity contribution in [2.24, 2.45) is 5.92 Å². The molecule has 0 unspecified atom stereocenters. The van der Waals surface area contributed by atoms with Crippen LogP contribution in [0.25, 0.3) is 0 Å². The predicted molar refractivity (Wildman–Crippen MR) is 79.2 cm³/mol. The number of rotatable bonds is 6. The Morgan fingerprint density at radius 3 is 2.83 bits per heavy atom. The van der Waals surface area contributed by atoms with E-state index in [-0.39, 0.29) is 0 Å². The molecule has 1 aliphatic carbocycles. The van der Waals surface area contributed by atoms with E-state index in [9.17, 15) is 0 Å². The van der Waals surface area contributed by atoms with Gasteiger partial charge in [-0.2, -0.15) is 0 Å². The molecular weight excluding hydrogens is 290 g/mol. The minimum atomic E-state index is 0.745. The second kappa shape index (κ2) is 7.15. The highest BCUT2D eigenvalue weighted by Crippen LogP contribution is 2.24. The van der Waals surface area contributed by atoms with Gasteiger partial charge in [0, 0.05) is 11.0 Å². The number of halogens is 1. The highest BCUT2D eigenvalue weighted by atomic mass is 79.9. The molecule has 1 fully saturated rings. The van der Waals surface area contributed by atoms with E-state index >= 15 is 0 Å². The summed E-state index contributed by atoms with van der Waals surface area (Å²) in [5, 5.41) is 3.49. The summed E-state index contributed by atoms with van der Waals surface area (Å²) in [4.78, 5) is 0. The first-order valence-electron chi connectivity index (χ1n) is 6.85. The average Bonchev–Trinajstić information content (AvgIpc) is 2.84. The fourth-order valence-electron chi connectivity index (χ4n) is 2.53. The van der Waals surface area contributed by atoms with E-state index in [0.717, 1.165) is 35.8 Å². The van der Waals surface area contributed by atoms with E-state index in [1.807, 2.05) is 12.1 Å². The second-order valence-corrected chi connectivity index (χ2v) is 6.03. The van der Waals surface area contributed by atoms with Gasteiger partial charge in [-0.1, -0.05) is 28.8 Å². The van der Waals surface area contributed by atoms with E-state index in [4.69, 9.17) is 4.74 Å². The first-order valence-corrected chi connectivity index (χ1v) is 7.64. The lowest BCUT2D eigenvalue weighted by atomic mass is 10.1. The Morgan fingerprint density at radius 1 is 1.33 bits per heavy atom. The van der Waals surface area contributed by atoms with Gasteiger partial charge in [-0.25, -0.2) is 0 Å². The van der Waals surface area contributed by atoms with Crippen LogP contribution in [0.3, 0.4) is 0 Å². The Morgan fingerprint density at radius 2 is 2.11 bits per heavy atom. The molecule has 1 N–H and O–H groups in total. The minimum absolute atomic E-state index is 0.745. The fourth-order valence-corrected chi connectivity index (χ4v) is 3.00. The molecule has 0 aliphatic heterocycles. The third-order valence-corrected chi connectivity index (χ3v) is 4.07. The van der Waals surface area contributed by atoms with Gasteiger partial charge in [-0.05, 0) is 56.0 Å².